The average Bonchev–Trinajstić information content (AvgIpc) is 3.12. The van der Waals surface area contributed by atoms with Crippen LogP contribution >= 0.6 is 0 Å². The first-order chi connectivity index (χ1) is 9.59. The third kappa shape index (κ3) is 3.73. The molecule has 20 heavy (non-hydrogen) atoms. The number of hydrogen-bond acceptors (Lipinski definition) is 3. The number of amides is 1. The van der Waals surface area contributed by atoms with Crippen LogP contribution < -0.4 is 5.32 Å². The lowest BCUT2D eigenvalue weighted by Crippen LogP contribution is -2.39. The molecule has 0 aromatic carbocycles. The van der Waals surface area contributed by atoms with E-state index in [4.69, 9.17) is 4.74 Å². The van der Waals surface area contributed by atoms with E-state index in [1.165, 1.54) is 6.42 Å². The van der Waals surface area contributed by atoms with Crippen LogP contribution in [0.3, 0.4) is 0 Å². The Bertz CT molecular complexity index is 326. The number of hydrogen-bond donors (Lipinski definition) is 1. The smallest absolute Gasteiger partial charge is 0.244 e. The first-order valence-corrected chi connectivity index (χ1v) is 8.25. The molecule has 1 atom stereocenters. The van der Waals surface area contributed by atoms with Gasteiger partial charge < -0.3 is 9.64 Å². The van der Waals surface area contributed by atoms with Gasteiger partial charge in [-0.3, -0.25) is 10.1 Å². The summed E-state index contributed by atoms with van der Waals surface area (Å²) in [6, 6.07) is 0. The number of unbranched alkanes of at least 4 members (excludes halogenated alkanes) is 1. The number of carbonyl (C=O) groups is 1. The van der Waals surface area contributed by atoms with Gasteiger partial charge in [0.05, 0.1) is 11.7 Å². The summed E-state index contributed by atoms with van der Waals surface area (Å²) in [6.45, 7) is 9.06. The second-order valence-corrected chi connectivity index (χ2v) is 6.69. The van der Waals surface area contributed by atoms with E-state index in [0.717, 1.165) is 51.9 Å². The van der Waals surface area contributed by atoms with Gasteiger partial charge in [-0.1, -0.05) is 27.2 Å². The fourth-order valence-electron chi connectivity index (χ4n) is 2.93. The van der Waals surface area contributed by atoms with Crippen LogP contribution in [0.4, 0.5) is 0 Å². The molecule has 1 aliphatic carbocycles. The molecule has 2 fully saturated rings. The Hall–Kier alpha value is -0.610. The molecule has 1 amide bonds. The zero-order valence-corrected chi connectivity index (χ0v) is 13.3. The Morgan fingerprint density at radius 2 is 2.05 bits per heavy atom. The molecule has 2 aliphatic rings. The molecule has 0 radical (unpaired) electrons. The highest BCUT2D eigenvalue weighted by Gasteiger charge is 2.58. The molecule has 1 N–H and O–H groups in total. The number of carbonyl (C=O) groups excluding carboxylic acids is 1. The summed E-state index contributed by atoms with van der Waals surface area (Å²) in [4.78, 5) is 14.5. The minimum Gasteiger partial charge on any atom is -0.381 e. The molecule has 1 saturated carbocycles. The van der Waals surface area contributed by atoms with Crippen molar-refractivity contribution in [1.29, 1.82) is 0 Å². The minimum absolute atomic E-state index is 0.178. The summed E-state index contributed by atoms with van der Waals surface area (Å²) >= 11 is 0. The van der Waals surface area contributed by atoms with Gasteiger partial charge >= 0.3 is 0 Å². The van der Waals surface area contributed by atoms with E-state index < -0.39 is 0 Å². The van der Waals surface area contributed by atoms with Crippen molar-refractivity contribution in [2.75, 3.05) is 19.8 Å². The molecule has 0 aromatic rings. The number of ether oxygens (including phenoxy) is 1. The monoisotopic (exact) mass is 282 g/mol. The first kappa shape index (κ1) is 15.8. The SMILES string of the molecule is CCCCOCCCN1C(=O)C2(CC2)NC1CC(C)C. The summed E-state index contributed by atoms with van der Waals surface area (Å²) in [5.41, 5.74) is -0.178. The quantitative estimate of drug-likeness (QED) is 0.661. The minimum atomic E-state index is -0.178. The standard InChI is InChI=1S/C16H30N2O2/c1-4-5-10-20-11-6-9-18-14(12-13(2)3)17-16(7-8-16)15(18)19/h13-14,17H,4-12H2,1-3H3. The molecule has 1 heterocycles. The van der Waals surface area contributed by atoms with Crippen molar-refractivity contribution in [3.8, 4) is 0 Å². The summed E-state index contributed by atoms with van der Waals surface area (Å²) < 4.78 is 5.59. The van der Waals surface area contributed by atoms with Crippen LogP contribution in [0.25, 0.3) is 0 Å². The molecule has 116 valence electrons. The lowest BCUT2D eigenvalue weighted by atomic mass is 10.1. The van der Waals surface area contributed by atoms with E-state index in [-0.39, 0.29) is 11.7 Å². The molecule has 1 unspecified atom stereocenters. The van der Waals surface area contributed by atoms with Crippen molar-refractivity contribution in [2.45, 2.75) is 71.0 Å². The Kier molecular flexibility index (Phi) is 5.44. The van der Waals surface area contributed by atoms with E-state index >= 15 is 0 Å². The van der Waals surface area contributed by atoms with E-state index in [1.807, 2.05) is 0 Å². The van der Waals surface area contributed by atoms with Crippen molar-refractivity contribution in [1.82, 2.24) is 10.2 Å². The Labute approximate surface area is 123 Å². The molecule has 4 heteroatoms. The first-order valence-electron chi connectivity index (χ1n) is 8.25. The van der Waals surface area contributed by atoms with Gasteiger partial charge in [-0.05, 0) is 38.0 Å². The van der Waals surface area contributed by atoms with Gasteiger partial charge in [0.25, 0.3) is 0 Å². The average molecular weight is 282 g/mol. The number of rotatable bonds is 9. The van der Waals surface area contributed by atoms with Gasteiger partial charge in [-0.25, -0.2) is 0 Å². The Morgan fingerprint density at radius 1 is 1.35 bits per heavy atom. The molecule has 0 aromatic heterocycles. The van der Waals surface area contributed by atoms with Gasteiger partial charge in [0.1, 0.15) is 0 Å². The van der Waals surface area contributed by atoms with Gasteiger partial charge in [-0.2, -0.15) is 0 Å². The summed E-state index contributed by atoms with van der Waals surface area (Å²) in [6.07, 6.45) is 6.57. The van der Waals surface area contributed by atoms with Crippen LogP contribution in [-0.2, 0) is 9.53 Å². The number of nitrogens with one attached hydrogen (secondary N) is 1. The van der Waals surface area contributed by atoms with Gasteiger partial charge in [-0.15, -0.1) is 0 Å². The third-order valence-corrected chi connectivity index (χ3v) is 4.26. The third-order valence-electron chi connectivity index (χ3n) is 4.26. The highest BCUT2D eigenvalue weighted by molar-refractivity contribution is 5.91. The topological polar surface area (TPSA) is 41.6 Å². The van der Waals surface area contributed by atoms with Gasteiger partial charge in [0.15, 0.2) is 0 Å². The molecular weight excluding hydrogens is 252 g/mol. The van der Waals surface area contributed by atoms with Crippen molar-refractivity contribution in [3.05, 3.63) is 0 Å². The fourth-order valence-corrected chi connectivity index (χ4v) is 2.93. The highest BCUT2D eigenvalue weighted by Crippen LogP contribution is 2.43. The van der Waals surface area contributed by atoms with Crippen molar-refractivity contribution >= 4 is 5.91 Å². The lowest BCUT2D eigenvalue weighted by Gasteiger charge is -2.25. The zero-order valence-electron chi connectivity index (χ0n) is 13.3. The van der Waals surface area contributed by atoms with Crippen LogP contribution in [0.1, 0.15) is 59.3 Å². The summed E-state index contributed by atoms with van der Waals surface area (Å²) in [5.74, 6) is 0.939. The fraction of sp³-hybridized carbons (Fsp3) is 0.938. The predicted octanol–water partition coefficient (Wildman–Crippen LogP) is 2.53. The van der Waals surface area contributed by atoms with Crippen molar-refractivity contribution in [3.63, 3.8) is 0 Å². The van der Waals surface area contributed by atoms with Crippen LogP contribution in [-0.4, -0.2) is 42.3 Å². The Morgan fingerprint density at radius 3 is 2.65 bits per heavy atom. The van der Waals surface area contributed by atoms with Crippen LogP contribution in [0.5, 0.6) is 0 Å². The van der Waals surface area contributed by atoms with Crippen molar-refractivity contribution < 1.29 is 9.53 Å². The van der Waals surface area contributed by atoms with Gasteiger partial charge in [0.2, 0.25) is 5.91 Å². The van der Waals surface area contributed by atoms with Gasteiger partial charge in [0, 0.05) is 19.8 Å². The summed E-state index contributed by atoms with van der Waals surface area (Å²) in [5, 5.41) is 3.57. The molecule has 2 rings (SSSR count). The number of nitrogens with zero attached hydrogens (tertiary/aromatic N) is 1. The normalized spacial score (nSPS) is 24.1. The summed E-state index contributed by atoms with van der Waals surface area (Å²) in [7, 11) is 0. The largest absolute Gasteiger partial charge is 0.381 e. The lowest BCUT2D eigenvalue weighted by molar-refractivity contribution is -0.131. The highest BCUT2D eigenvalue weighted by atomic mass is 16.5. The maximum Gasteiger partial charge on any atom is 0.244 e. The maximum atomic E-state index is 12.5. The van der Waals surface area contributed by atoms with E-state index in [9.17, 15) is 4.79 Å². The molecule has 4 nitrogen and oxygen atoms in total. The van der Waals surface area contributed by atoms with Crippen LogP contribution in [0.2, 0.25) is 0 Å². The second-order valence-electron chi connectivity index (χ2n) is 6.69. The molecule has 0 bridgehead atoms. The van der Waals surface area contributed by atoms with Crippen LogP contribution in [0, 0.1) is 5.92 Å². The predicted molar refractivity (Wildman–Crippen MR) is 80.4 cm³/mol. The Balaban J connectivity index is 1.76. The maximum absolute atomic E-state index is 12.5. The van der Waals surface area contributed by atoms with E-state index in [0.29, 0.717) is 11.8 Å². The zero-order chi connectivity index (χ0) is 14.6. The van der Waals surface area contributed by atoms with E-state index in [1.54, 1.807) is 0 Å². The van der Waals surface area contributed by atoms with Crippen molar-refractivity contribution in [2.24, 2.45) is 5.92 Å². The van der Waals surface area contributed by atoms with Crippen LogP contribution in [0.15, 0.2) is 0 Å². The molecule has 1 aliphatic heterocycles. The second kappa shape index (κ2) is 6.90. The molecule has 1 spiro atoms. The molecule has 1 saturated heterocycles. The van der Waals surface area contributed by atoms with E-state index in [2.05, 4.69) is 31.0 Å². The molecular formula is C16H30N2O2.